The predicted molar refractivity (Wildman–Crippen MR) is 94.0 cm³/mol. The molecule has 0 aliphatic carbocycles. The molecule has 0 fully saturated rings. The molecule has 0 spiro atoms. The molecule has 2 N–H and O–H groups in total. The zero-order valence-corrected chi connectivity index (χ0v) is 18.3. The molecular weight excluding hydrogens is 472 g/mol. The molecule has 0 saturated carbocycles. The molecule has 2 rings (SSSR count). The number of carboxylic acids is 1. The molecule has 0 amide bonds. The summed E-state index contributed by atoms with van der Waals surface area (Å²) in [6.07, 6.45) is 1.76. The van der Waals surface area contributed by atoms with Crippen LogP contribution in [0.15, 0.2) is 41.4 Å². The minimum Gasteiger partial charge on any atom is -0.872 e. The van der Waals surface area contributed by atoms with Crippen molar-refractivity contribution in [1.29, 1.82) is 0 Å². The first-order valence-corrected chi connectivity index (χ1v) is 7.87. The number of carboxylic acid groups (broad SMARTS) is 1. The van der Waals surface area contributed by atoms with E-state index in [2.05, 4.69) is 4.99 Å². The van der Waals surface area contributed by atoms with E-state index in [1.54, 1.807) is 13.0 Å². The van der Waals surface area contributed by atoms with E-state index in [1.165, 1.54) is 12.3 Å². The standard InChI is InChI=1S/C16H17NO3.C2H4O2.CH3O.2Co.H2O/c1-2-16(10-18,11-19)17-9-14-13-6-4-3-5-12(13)7-8-15(14)20;1-2(3)4;1-2;;;/h3-9,20H,2,10-11H2,1H3;1H3,(H,3,4);1H3;;;1H2/q-2;;-1;+2;+3;/p-2. The molecule has 0 aliphatic rings. The Balaban J connectivity index is -0.000000311. The van der Waals surface area contributed by atoms with Crippen LogP contribution in [0.5, 0.6) is 5.75 Å². The van der Waals surface area contributed by atoms with E-state index >= 15 is 0 Å². The summed E-state index contributed by atoms with van der Waals surface area (Å²) in [5.74, 6) is -1.24. The van der Waals surface area contributed by atoms with Gasteiger partial charge in [-0.2, -0.15) is 7.11 Å². The molecule has 0 unspecified atom stereocenters. The average molecular weight is 496 g/mol. The second-order valence-corrected chi connectivity index (χ2v) is 5.31. The smallest absolute Gasteiger partial charge is 0.872 e. The van der Waals surface area contributed by atoms with E-state index in [1.807, 2.05) is 24.3 Å². The quantitative estimate of drug-likeness (QED) is 0.401. The summed E-state index contributed by atoms with van der Waals surface area (Å²) in [5, 5.41) is 53.2. The summed E-state index contributed by atoms with van der Waals surface area (Å²) < 4.78 is 0. The number of hydrogen-bond acceptors (Lipinski definition) is 7. The van der Waals surface area contributed by atoms with Crippen LogP contribution in [-0.2, 0) is 38.4 Å². The van der Waals surface area contributed by atoms with Crippen LogP contribution in [0.4, 0.5) is 0 Å². The Labute approximate surface area is 191 Å². The molecule has 29 heavy (non-hydrogen) atoms. The summed E-state index contributed by atoms with van der Waals surface area (Å²) in [7, 11) is 0.750. The predicted octanol–water partition coefficient (Wildman–Crippen LogP) is -2.90. The van der Waals surface area contributed by atoms with Crippen molar-refractivity contribution in [3.05, 3.63) is 42.0 Å². The van der Waals surface area contributed by atoms with Gasteiger partial charge >= 0.3 is 33.6 Å². The molecule has 0 aliphatic heterocycles. The monoisotopic (exact) mass is 496 g/mol. The van der Waals surface area contributed by atoms with Crippen LogP contribution in [0, 0.1) is 0 Å². The van der Waals surface area contributed by atoms with Crippen LogP contribution in [0.25, 0.3) is 10.8 Å². The second kappa shape index (κ2) is 18.5. The van der Waals surface area contributed by atoms with Crippen LogP contribution in [-0.4, -0.2) is 43.5 Å². The molecule has 0 saturated heterocycles. The summed E-state index contributed by atoms with van der Waals surface area (Å²) in [6, 6.07) is 10.7. The van der Waals surface area contributed by atoms with Crippen LogP contribution < -0.4 is 25.5 Å². The van der Waals surface area contributed by atoms with Crippen LogP contribution in [0.2, 0.25) is 0 Å². The number of benzene rings is 2. The van der Waals surface area contributed by atoms with Gasteiger partial charge in [-0.05, 0) is 29.7 Å². The Kier molecular flexibility index (Phi) is 22.3. The van der Waals surface area contributed by atoms with Gasteiger partial charge in [-0.25, -0.2) is 0 Å². The molecule has 0 atom stereocenters. The summed E-state index contributed by atoms with van der Waals surface area (Å²) >= 11 is 0. The Hall–Kier alpha value is -1.51. The van der Waals surface area contributed by atoms with Gasteiger partial charge in [-0.3, -0.25) is 4.99 Å². The fourth-order valence-corrected chi connectivity index (χ4v) is 2.02. The topological polar surface area (TPSA) is 176 Å². The SMILES string of the molecule is CC(=O)[O-].CCC(C[O-])(C[O-])N=Cc1c([O-])ccc2ccccc12.C[O-].O.[Co+2].[Co+3]. The van der Waals surface area contributed by atoms with Crippen molar-refractivity contribution in [1.82, 2.24) is 0 Å². The Morgan fingerprint density at radius 1 is 1.10 bits per heavy atom. The zero-order valence-electron chi connectivity index (χ0n) is 16.2. The van der Waals surface area contributed by atoms with Crippen LogP contribution >= 0.6 is 0 Å². The summed E-state index contributed by atoms with van der Waals surface area (Å²) in [6.45, 7) is 1.60. The molecule has 1 radical (unpaired) electrons. The molecule has 2 aromatic rings. The summed E-state index contributed by atoms with van der Waals surface area (Å²) in [5.41, 5.74) is -0.716. The second-order valence-electron chi connectivity index (χ2n) is 5.31. The van der Waals surface area contributed by atoms with Crippen molar-refractivity contribution in [2.75, 3.05) is 20.3 Å². The van der Waals surface area contributed by atoms with Crippen molar-refractivity contribution in [3.8, 4) is 5.75 Å². The molecule has 0 heterocycles. The van der Waals surface area contributed by atoms with Gasteiger partial charge < -0.3 is 35.8 Å². The van der Waals surface area contributed by atoms with Gasteiger partial charge in [0.05, 0.1) is 0 Å². The third-order valence-corrected chi connectivity index (χ3v) is 3.59. The van der Waals surface area contributed by atoms with E-state index in [9.17, 15) is 15.3 Å². The van der Waals surface area contributed by atoms with Gasteiger partial charge in [0.2, 0.25) is 0 Å². The van der Waals surface area contributed by atoms with E-state index in [0.717, 1.165) is 24.8 Å². The minimum absolute atomic E-state index is 0. The number of carbonyl (C=O) groups is 1. The number of hydrogen-bond donors (Lipinski definition) is 0. The Morgan fingerprint density at radius 3 is 2.03 bits per heavy atom. The van der Waals surface area contributed by atoms with Crippen molar-refractivity contribution in [2.45, 2.75) is 25.8 Å². The molecule has 0 bridgehead atoms. The first kappa shape index (κ1) is 35.0. The average Bonchev–Trinajstić information content (AvgIpc) is 2.66. The minimum atomic E-state index is -1.15. The van der Waals surface area contributed by atoms with Gasteiger partial charge in [0, 0.05) is 17.7 Å². The largest absolute Gasteiger partial charge is 3.00 e. The maximum absolute atomic E-state index is 12.0. The van der Waals surface area contributed by atoms with Gasteiger partial charge in [0.25, 0.3) is 0 Å². The van der Waals surface area contributed by atoms with E-state index < -0.39 is 24.7 Å². The molecule has 0 aromatic heterocycles. The molecule has 10 heteroatoms. The first-order valence-electron chi connectivity index (χ1n) is 7.87. The Morgan fingerprint density at radius 2 is 1.59 bits per heavy atom. The van der Waals surface area contributed by atoms with Gasteiger partial charge in [0.1, 0.15) is 0 Å². The fourth-order valence-electron chi connectivity index (χ4n) is 2.02. The summed E-state index contributed by atoms with van der Waals surface area (Å²) in [4.78, 5) is 13.0. The zero-order chi connectivity index (χ0) is 20.2. The number of nitrogens with zero attached hydrogens (tertiary/aromatic N) is 1. The Bertz CT molecular complexity index is 711. The number of aliphatic carboxylic acids is 1. The maximum Gasteiger partial charge on any atom is 3.00 e. The molecule has 165 valence electrons. The number of fused-ring (bicyclic) bond motifs is 1. The first-order chi connectivity index (χ1) is 12.4. The van der Waals surface area contributed by atoms with E-state index in [0.29, 0.717) is 12.0 Å². The van der Waals surface area contributed by atoms with Gasteiger partial charge in [-0.1, -0.05) is 49.1 Å². The molecule has 8 nitrogen and oxygen atoms in total. The number of aliphatic imine (C=N–C) groups is 1. The van der Waals surface area contributed by atoms with Crippen LogP contribution in [0.3, 0.4) is 0 Å². The fraction of sp³-hybridized carbons (Fsp3) is 0.368. The number of carbonyl (C=O) groups excluding carboxylic acids is 1. The molecular formula is C19H24Co2NO7. The van der Waals surface area contributed by atoms with Gasteiger partial charge in [-0.15, -0.1) is 13.2 Å². The van der Waals surface area contributed by atoms with Crippen molar-refractivity contribution >= 4 is 23.0 Å². The maximum atomic E-state index is 12.0. The molecule has 2 aromatic carbocycles. The normalized spacial score (nSPS) is 9.59. The van der Waals surface area contributed by atoms with Gasteiger partial charge in [0.15, 0.2) is 0 Å². The third kappa shape index (κ3) is 11.3. The number of rotatable bonds is 5. The van der Waals surface area contributed by atoms with Crippen molar-refractivity contribution in [3.63, 3.8) is 0 Å². The van der Waals surface area contributed by atoms with Crippen molar-refractivity contribution in [2.24, 2.45) is 4.99 Å². The van der Waals surface area contributed by atoms with E-state index in [-0.39, 0.29) is 44.8 Å². The van der Waals surface area contributed by atoms with Crippen LogP contribution in [0.1, 0.15) is 25.8 Å². The van der Waals surface area contributed by atoms with Crippen molar-refractivity contribution < 1.29 is 69.4 Å². The third-order valence-electron chi connectivity index (χ3n) is 3.59. The van der Waals surface area contributed by atoms with E-state index in [4.69, 9.17) is 15.0 Å².